The highest BCUT2D eigenvalue weighted by Gasteiger charge is 2.20. The molecule has 1 aromatic carbocycles. The van der Waals surface area contributed by atoms with Crippen molar-refractivity contribution in [1.82, 2.24) is 14.5 Å². The van der Waals surface area contributed by atoms with E-state index in [0.717, 1.165) is 31.5 Å². The van der Waals surface area contributed by atoms with Gasteiger partial charge < -0.3 is 9.47 Å². The van der Waals surface area contributed by atoms with Crippen LogP contribution < -0.4 is 0 Å². The lowest BCUT2D eigenvalue weighted by Gasteiger charge is -2.28. The molecule has 0 radical (unpaired) electrons. The van der Waals surface area contributed by atoms with Crippen LogP contribution in [-0.4, -0.2) is 28.0 Å². The number of hydrogen-bond acceptors (Lipinski definition) is 3. The van der Waals surface area contributed by atoms with Crippen LogP contribution in [0.15, 0.2) is 30.6 Å². The summed E-state index contributed by atoms with van der Waals surface area (Å²) in [6.45, 7) is 2.62. The lowest BCUT2D eigenvalue weighted by molar-refractivity contribution is 0.229. The fraction of sp³-hybridized carbons (Fsp3) is 0.412. The Bertz CT molecular complexity index is 701. The maximum atomic E-state index is 13.2. The van der Waals surface area contributed by atoms with Gasteiger partial charge in [-0.1, -0.05) is 6.07 Å². The van der Waals surface area contributed by atoms with Gasteiger partial charge >= 0.3 is 0 Å². The van der Waals surface area contributed by atoms with E-state index >= 15 is 0 Å². The van der Waals surface area contributed by atoms with Crippen LogP contribution in [-0.2, 0) is 19.5 Å². The second kappa shape index (κ2) is 6.29. The minimum Gasteiger partial charge on any atom is -0.335 e. The van der Waals surface area contributed by atoms with Gasteiger partial charge in [0.1, 0.15) is 11.6 Å². The molecule has 1 aromatic heterocycles. The predicted molar refractivity (Wildman–Crippen MR) is 81.5 cm³/mol. The molecule has 0 N–H and O–H groups in total. The highest BCUT2D eigenvalue weighted by atomic mass is 19.1. The van der Waals surface area contributed by atoms with Crippen LogP contribution in [0.3, 0.4) is 0 Å². The normalized spacial score (nSPS) is 17.3. The monoisotopic (exact) mass is 298 g/mol. The van der Waals surface area contributed by atoms with Gasteiger partial charge in [0, 0.05) is 38.4 Å². The first-order valence-corrected chi connectivity index (χ1v) is 7.53. The number of imidazole rings is 1. The molecule has 0 saturated heterocycles. The lowest BCUT2D eigenvalue weighted by Crippen LogP contribution is -2.31. The maximum Gasteiger partial charge on any atom is 0.124 e. The van der Waals surface area contributed by atoms with E-state index in [0.29, 0.717) is 18.0 Å². The Kier molecular flexibility index (Phi) is 4.21. The molecule has 1 aliphatic heterocycles. The average molecular weight is 298 g/mol. The maximum absolute atomic E-state index is 13.2. The van der Waals surface area contributed by atoms with Gasteiger partial charge in [-0.3, -0.25) is 0 Å². The fourth-order valence-corrected chi connectivity index (χ4v) is 3.17. The van der Waals surface area contributed by atoms with Crippen molar-refractivity contribution in [3.63, 3.8) is 0 Å². The molecule has 1 aliphatic rings. The number of hydrogen-bond donors (Lipinski definition) is 0. The van der Waals surface area contributed by atoms with Crippen LogP contribution in [0.2, 0.25) is 0 Å². The van der Waals surface area contributed by atoms with Crippen LogP contribution in [0.1, 0.15) is 23.4 Å². The third-order valence-electron chi connectivity index (χ3n) is 4.24. The van der Waals surface area contributed by atoms with Gasteiger partial charge in [-0.2, -0.15) is 5.26 Å². The molecule has 0 unspecified atom stereocenters. The first kappa shape index (κ1) is 14.7. The van der Waals surface area contributed by atoms with Gasteiger partial charge in [0.05, 0.1) is 11.6 Å². The summed E-state index contributed by atoms with van der Waals surface area (Å²) in [6.07, 6.45) is 6.05. The van der Waals surface area contributed by atoms with Gasteiger partial charge in [0.15, 0.2) is 0 Å². The molecule has 2 aromatic rings. The third kappa shape index (κ3) is 3.18. The average Bonchev–Trinajstić information content (AvgIpc) is 2.96. The number of rotatable bonds is 4. The van der Waals surface area contributed by atoms with Crippen LogP contribution >= 0.6 is 0 Å². The first-order chi connectivity index (χ1) is 10.7. The van der Waals surface area contributed by atoms with Gasteiger partial charge in [-0.05, 0) is 37.1 Å². The van der Waals surface area contributed by atoms with E-state index in [2.05, 4.69) is 20.5 Å². The number of nitriles is 1. The Hall–Kier alpha value is -2.19. The van der Waals surface area contributed by atoms with Gasteiger partial charge in [-0.25, -0.2) is 9.37 Å². The van der Waals surface area contributed by atoms with E-state index in [1.54, 1.807) is 6.07 Å². The summed E-state index contributed by atoms with van der Waals surface area (Å²) in [7, 11) is 2.05. The van der Waals surface area contributed by atoms with E-state index < -0.39 is 0 Å². The number of aromatic nitrogens is 2. The second-order valence-corrected chi connectivity index (χ2v) is 6.01. The second-order valence-electron chi connectivity index (χ2n) is 6.01. The quantitative estimate of drug-likeness (QED) is 0.871. The molecule has 5 heteroatoms. The van der Waals surface area contributed by atoms with Crippen molar-refractivity contribution < 1.29 is 4.39 Å². The summed E-state index contributed by atoms with van der Waals surface area (Å²) in [5.41, 5.74) is 1.30. The smallest absolute Gasteiger partial charge is 0.124 e. The van der Waals surface area contributed by atoms with E-state index in [9.17, 15) is 4.39 Å². The summed E-state index contributed by atoms with van der Waals surface area (Å²) in [5.74, 6) is 1.39. The SMILES string of the molecule is CN(Cc1ccc(F)cc1C#N)C[C@@H]1CCc2nccn2C1. The molecule has 0 saturated carbocycles. The lowest BCUT2D eigenvalue weighted by atomic mass is 9.98. The topological polar surface area (TPSA) is 44.9 Å². The number of halogens is 1. The Morgan fingerprint density at radius 1 is 1.50 bits per heavy atom. The minimum absolute atomic E-state index is 0.358. The van der Waals surface area contributed by atoms with Gasteiger partial charge in [0.2, 0.25) is 0 Å². The molecule has 22 heavy (non-hydrogen) atoms. The molecule has 0 fully saturated rings. The Balaban J connectivity index is 1.62. The van der Waals surface area contributed by atoms with Crippen molar-refractivity contribution in [3.05, 3.63) is 53.4 Å². The first-order valence-electron chi connectivity index (χ1n) is 7.53. The Morgan fingerprint density at radius 2 is 2.36 bits per heavy atom. The highest BCUT2D eigenvalue weighted by molar-refractivity contribution is 5.37. The molecule has 2 heterocycles. The number of nitrogens with zero attached hydrogens (tertiary/aromatic N) is 4. The van der Waals surface area contributed by atoms with E-state index in [4.69, 9.17) is 5.26 Å². The Morgan fingerprint density at radius 3 is 3.18 bits per heavy atom. The standard InChI is InChI=1S/C17H19FN4/c1-21(12-14-3-4-16(18)8-15(14)9-19)10-13-2-5-17-20-6-7-22(17)11-13/h3-4,6-8,13H,2,5,10-12H2,1H3/t13-/m0/s1. The van der Waals surface area contributed by atoms with Crippen molar-refractivity contribution in [2.24, 2.45) is 5.92 Å². The van der Waals surface area contributed by atoms with Crippen LogP contribution in [0.4, 0.5) is 4.39 Å². The summed E-state index contributed by atoms with van der Waals surface area (Å²) >= 11 is 0. The van der Waals surface area contributed by atoms with E-state index in [1.165, 1.54) is 18.0 Å². The molecule has 1 atom stereocenters. The van der Waals surface area contributed by atoms with Crippen LogP contribution in [0, 0.1) is 23.1 Å². The number of fused-ring (bicyclic) bond motifs is 1. The summed E-state index contributed by atoms with van der Waals surface area (Å²) in [6, 6.07) is 6.51. The zero-order chi connectivity index (χ0) is 15.5. The molecule has 0 spiro atoms. The fourth-order valence-electron chi connectivity index (χ4n) is 3.17. The number of benzene rings is 1. The largest absolute Gasteiger partial charge is 0.335 e. The van der Waals surface area contributed by atoms with Crippen molar-refractivity contribution in [3.8, 4) is 6.07 Å². The Labute approximate surface area is 129 Å². The van der Waals surface area contributed by atoms with Crippen LogP contribution in [0.5, 0.6) is 0 Å². The molecule has 3 rings (SSSR count). The number of aryl methyl sites for hydroxylation is 1. The zero-order valence-electron chi connectivity index (χ0n) is 12.7. The van der Waals surface area contributed by atoms with Crippen LogP contribution in [0.25, 0.3) is 0 Å². The van der Waals surface area contributed by atoms with Crippen molar-refractivity contribution in [2.45, 2.75) is 25.9 Å². The summed E-state index contributed by atoms with van der Waals surface area (Å²) in [4.78, 5) is 6.56. The van der Waals surface area contributed by atoms with E-state index in [1.807, 2.05) is 19.4 Å². The molecule has 114 valence electrons. The predicted octanol–water partition coefficient (Wildman–Crippen LogP) is 2.59. The molecular weight excluding hydrogens is 279 g/mol. The molecular formula is C17H19FN4. The van der Waals surface area contributed by atoms with Crippen molar-refractivity contribution >= 4 is 0 Å². The molecule has 0 aliphatic carbocycles. The zero-order valence-corrected chi connectivity index (χ0v) is 12.7. The van der Waals surface area contributed by atoms with Crippen molar-refractivity contribution in [1.29, 1.82) is 5.26 Å². The van der Waals surface area contributed by atoms with E-state index in [-0.39, 0.29) is 5.82 Å². The molecule has 0 bridgehead atoms. The molecule has 4 nitrogen and oxygen atoms in total. The highest BCUT2D eigenvalue weighted by Crippen LogP contribution is 2.20. The van der Waals surface area contributed by atoms with Gasteiger partial charge in [-0.15, -0.1) is 0 Å². The van der Waals surface area contributed by atoms with Gasteiger partial charge in [0.25, 0.3) is 0 Å². The summed E-state index contributed by atoms with van der Waals surface area (Å²) < 4.78 is 15.4. The minimum atomic E-state index is -0.358. The summed E-state index contributed by atoms with van der Waals surface area (Å²) in [5, 5.41) is 9.12. The third-order valence-corrected chi connectivity index (χ3v) is 4.24. The molecule has 0 amide bonds. The van der Waals surface area contributed by atoms with Crippen molar-refractivity contribution in [2.75, 3.05) is 13.6 Å².